The van der Waals surface area contributed by atoms with E-state index in [2.05, 4.69) is 31.7 Å². The summed E-state index contributed by atoms with van der Waals surface area (Å²) in [5.74, 6) is 0.0251. The van der Waals surface area contributed by atoms with Gasteiger partial charge in [0.05, 0.1) is 15.7 Å². The third-order valence-corrected chi connectivity index (χ3v) is 8.27. The highest BCUT2D eigenvalue weighted by Crippen LogP contribution is 2.45. The van der Waals surface area contributed by atoms with Crippen molar-refractivity contribution in [1.82, 2.24) is 0 Å². The molecule has 0 amide bonds. The first-order valence-electron chi connectivity index (χ1n) is 13.3. The van der Waals surface area contributed by atoms with Crippen molar-refractivity contribution in [2.75, 3.05) is 30.9 Å². The normalized spacial score (nSPS) is 17.1. The minimum Gasteiger partial charge on any atom is -0.748 e. The predicted octanol–water partition coefficient (Wildman–Crippen LogP) is 4.59. The van der Waals surface area contributed by atoms with Crippen molar-refractivity contribution >= 4 is 26.8 Å². The van der Waals surface area contributed by atoms with Crippen LogP contribution in [0.4, 0.5) is 5.69 Å². The minimum atomic E-state index is -4.18. The number of hydrogen-bond donors (Lipinski definition) is 0. The monoisotopic (exact) mass is 542 g/mol. The molecule has 9 heteroatoms. The number of ether oxygens (including phenoxy) is 1. The quantitative estimate of drug-likeness (QED) is 0.151. The molecule has 1 atom stereocenters. The molecule has 8 nitrogen and oxygen atoms in total. The van der Waals surface area contributed by atoms with Gasteiger partial charge in [-0.2, -0.15) is 0 Å². The van der Waals surface area contributed by atoms with E-state index in [0.29, 0.717) is 36.5 Å². The number of benzene rings is 1. The van der Waals surface area contributed by atoms with Crippen molar-refractivity contribution in [3.8, 4) is 11.1 Å². The Kier molecular flexibility index (Phi) is 8.59. The first-order valence-corrected chi connectivity index (χ1v) is 14.9. The average Bonchev–Trinajstić information content (AvgIpc) is 2.84. The molecular formula is C29H38N2O6S. The van der Waals surface area contributed by atoms with E-state index in [-0.39, 0.29) is 16.9 Å². The summed E-state index contributed by atoms with van der Waals surface area (Å²) >= 11 is 0. The molecule has 3 aromatic rings. The van der Waals surface area contributed by atoms with Gasteiger partial charge >= 0.3 is 5.63 Å². The lowest BCUT2D eigenvalue weighted by Crippen LogP contribution is -2.48. The predicted molar refractivity (Wildman–Crippen MR) is 147 cm³/mol. The van der Waals surface area contributed by atoms with Gasteiger partial charge in [-0.1, -0.05) is 6.92 Å². The molecule has 0 saturated heterocycles. The van der Waals surface area contributed by atoms with Crippen molar-refractivity contribution < 1.29 is 26.7 Å². The van der Waals surface area contributed by atoms with Gasteiger partial charge in [0.25, 0.3) is 0 Å². The average molecular weight is 543 g/mol. The highest BCUT2D eigenvalue weighted by atomic mass is 32.2. The minimum absolute atomic E-state index is 0.00391. The van der Waals surface area contributed by atoms with Gasteiger partial charge in [0, 0.05) is 72.8 Å². The van der Waals surface area contributed by atoms with Gasteiger partial charge in [0.15, 0.2) is 12.4 Å². The summed E-state index contributed by atoms with van der Waals surface area (Å²) in [7, 11) is -2.45. The van der Waals surface area contributed by atoms with Crippen LogP contribution in [0.2, 0.25) is 0 Å². The summed E-state index contributed by atoms with van der Waals surface area (Å²) in [5.41, 5.74) is 3.87. The van der Waals surface area contributed by atoms with E-state index < -0.39 is 10.1 Å². The number of anilines is 1. The number of pyridine rings is 1. The van der Waals surface area contributed by atoms with Gasteiger partial charge in [0.1, 0.15) is 12.1 Å². The molecule has 4 rings (SSSR count). The van der Waals surface area contributed by atoms with Crippen molar-refractivity contribution in [3.63, 3.8) is 0 Å². The summed E-state index contributed by atoms with van der Waals surface area (Å²) in [4.78, 5) is 15.5. The topological polar surface area (TPSA) is 104 Å². The molecule has 0 radical (unpaired) electrons. The van der Waals surface area contributed by atoms with E-state index >= 15 is 0 Å². The van der Waals surface area contributed by atoms with Crippen molar-refractivity contribution in [3.05, 3.63) is 58.7 Å². The molecule has 0 fully saturated rings. The van der Waals surface area contributed by atoms with Gasteiger partial charge in [-0.05, 0) is 63.1 Å². The van der Waals surface area contributed by atoms with Gasteiger partial charge in [-0.3, -0.25) is 0 Å². The number of rotatable bonds is 11. The molecule has 0 N–H and O–H groups in total. The molecular weight excluding hydrogens is 504 g/mol. The summed E-state index contributed by atoms with van der Waals surface area (Å²) in [6.07, 6.45) is 7.66. The zero-order valence-corrected chi connectivity index (χ0v) is 23.6. The lowest BCUT2D eigenvalue weighted by atomic mass is 9.79. The zero-order valence-electron chi connectivity index (χ0n) is 22.7. The number of hydrogen-bond acceptors (Lipinski definition) is 7. The summed E-state index contributed by atoms with van der Waals surface area (Å²) in [5, 5.41) is 0.903. The Morgan fingerprint density at radius 1 is 1.13 bits per heavy atom. The number of nitrogens with zero attached hydrogens (tertiary/aromatic N) is 2. The van der Waals surface area contributed by atoms with Crippen LogP contribution in [0, 0.1) is 0 Å². The summed E-state index contributed by atoms with van der Waals surface area (Å²) in [6, 6.07) is 9.83. The highest BCUT2D eigenvalue weighted by Gasteiger charge is 2.36. The third-order valence-electron chi connectivity index (χ3n) is 7.48. The van der Waals surface area contributed by atoms with Crippen LogP contribution in [0.5, 0.6) is 0 Å². The van der Waals surface area contributed by atoms with Gasteiger partial charge in [0.2, 0.25) is 0 Å². The molecule has 1 aliphatic heterocycles. The first kappa shape index (κ1) is 28.3. The number of fused-ring (bicyclic) bond motifs is 2. The van der Waals surface area contributed by atoms with Crippen molar-refractivity contribution in [2.45, 2.75) is 70.9 Å². The Morgan fingerprint density at radius 3 is 2.55 bits per heavy atom. The van der Waals surface area contributed by atoms with Crippen LogP contribution >= 0.6 is 0 Å². The molecule has 0 saturated carbocycles. The Balaban J connectivity index is 1.59. The van der Waals surface area contributed by atoms with Crippen LogP contribution in [0.1, 0.15) is 64.4 Å². The maximum Gasteiger partial charge on any atom is 0.344 e. The fourth-order valence-corrected chi connectivity index (χ4v) is 6.16. The van der Waals surface area contributed by atoms with Gasteiger partial charge < -0.3 is 18.6 Å². The zero-order chi connectivity index (χ0) is 27.5. The number of aryl methyl sites for hydroxylation is 1. The second kappa shape index (κ2) is 11.6. The number of aromatic nitrogens is 1. The highest BCUT2D eigenvalue weighted by molar-refractivity contribution is 7.85. The van der Waals surface area contributed by atoms with E-state index in [1.54, 1.807) is 7.11 Å². The van der Waals surface area contributed by atoms with Crippen molar-refractivity contribution in [2.24, 2.45) is 0 Å². The molecule has 3 heterocycles. The molecule has 2 aromatic heterocycles. The second-order valence-corrected chi connectivity index (χ2v) is 12.5. The van der Waals surface area contributed by atoms with E-state index in [1.807, 2.05) is 41.2 Å². The van der Waals surface area contributed by atoms with Gasteiger partial charge in [-0.15, -0.1) is 0 Å². The molecule has 206 valence electrons. The van der Waals surface area contributed by atoms with Crippen LogP contribution in [-0.4, -0.2) is 44.5 Å². The van der Waals surface area contributed by atoms with E-state index in [4.69, 9.17) is 9.15 Å². The maximum absolute atomic E-state index is 13.0. The summed E-state index contributed by atoms with van der Waals surface area (Å²) < 4.78 is 45.3. The SMILES string of the molecule is COCCCCN1c2cc3oc(=O)c(-c4cc[n+](CCCCS(=O)(=O)[O-])cc4)cc3cc2C(C)CC1(C)C. The first-order chi connectivity index (χ1) is 18.0. The Morgan fingerprint density at radius 2 is 1.87 bits per heavy atom. The van der Waals surface area contributed by atoms with E-state index in [0.717, 1.165) is 49.1 Å². The fourth-order valence-electron chi connectivity index (χ4n) is 5.60. The van der Waals surface area contributed by atoms with Crippen LogP contribution < -0.4 is 15.1 Å². The molecule has 1 unspecified atom stereocenters. The van der Waals surface area contributed by atoms with Crippen molar-refractivity contribution in [1.29, 1.82) is 0 Å². The van der Waals surface area contributed by atoms with E-state index in [9.17, 15) is 17.8 Å². The number of unbranched alkanes of at least 4 members (excludes halogenated alkanes) is 2. The van der Waals surface area contributed by atoms with E-state index in [1.165, 1.54) is 5.56 Å². The lowest BCUT2D eigenvalue weighted by Gasteiger charge is -2.47. The lowest BCUT2D eigenvalue weighted by molar-refractivity contribution is -0.697. The third kappa shape index (κ3) is 6.62. The van der Waals surface area contributed by atoms with Crippen LogP contribution in [0.25, 0.3) is 22.1 Å². The standard InChI is InChI=1S/C29H38N2O6S/c1-21-20-29(2,3)31(12-5-7-15-36-4)26-19-27-23(17-24(21)26)18-25(28(32)37-27)22-9-13-30(14-10-22)11-6-8-16-38(33,34)35/h9-10,13-14,17-19,21H,5-8,11-12,15-16,20H2,1-4H3. The van der Waals surface area contributed by atoms with Gasteiger partial charge in [-0.25, -0.2) is 17.8 Å². The summed E-state index contributed by atoms with van der Waals surface area (Å²) in [6.45, 7) is 9.07. The largest absolute Gasteiger partial charge is 0.748 e. The molecule has 0 aliphatic carbocycles. The molecule has 0 bridgehead atoms. The maximum atomic E-state index is 13.0. The Labute approximate surface area is 225 Å². The Bertz CT molecular complexity index is 1430. The van der Waals surface area contributed by atoms with Crippen LogP contribution in [-0.2, 0) is 21.4 Å². The van der Waals surface area contributed by atoms with Crippen LogP contribution in [0.15, 0.2) is 51.9 Å². The molecule has 1 aliphatic rings. The number of methoxy groups -OCH3 is 1. The molecule has 0 spiro atoms. The fraction of sp³-hybridized carbons (Fsp3) is 0.517. The van der Waals surface area contributed by atoms with Crippen LogP contribution in [0.3, 0.4) is 0 Å². The molecule has 1 aromatic carbocycles. The second-order valence-electron chi connectivity index (χ2n) is 11.0. The smallest absolute Gasteiger partial charge is 0.344 e. The molecule has 38 heavy (non-hydrogen) atoms. The Hall–Kier alpha value is -2.75.